The number of anilines is 3. The molecule has 2 rings (SSSR count). The molecule has 2 aromatic carbocycles. The third-order valence-electron chi connectivity index (χ3n) is 5.17. The Morgan fingerprint density at radius 2 is 1.67 bits per heavy atom. The number of ether oxygens (including phenoxy) is 2. The molecule has 14 heteroatoms. The molecule has 0 atom stereocenters. The summed E-state index contributed by atoms with van der Waals surface area (Å²) in [6.07, 6.45) is 0.0226. The minimum absolute atomic E-state index is 0.00409. The topological polar surface area (TPSA) is 100 Å². The highest BCUT2D eigenvalue weighted by Gasteiger charge is 2.28. The minimum Gasteiger partial charge on any atom is -0.444 e. The summed E-state index contributed by atoms with van der Waals surface area (Å²) in [5.74, 6) is -3.38. The van der Waals surface area contributed by atoms with Crippen LogP contribution < -0.4 is 10.0 Å². The SMILES string of the molecule is CCCN(CCN(CCOC)S(=O)(=O)Nc1ccc(F)c(F)c1Nc1ccc(I)cc1F)C(=O)OC(C)(C)C. The number of halogens is 4. The maximum Gasteiger partial charge on any atom is 0.410 e. The molecule has 0 saturated heterocycles. The molecule has 0 heterocycles. The van der Waals surface area contributed by atoms with Crippen LogP contribution >= 0.6 is 22.6 Å². The standard InChI is InChI=1S/C25H34F3IN4O5S/c1-6-11-32(24(34)38-25(2,3)4)12-13-33(14-15-37-5)39(35,36)31-21-10-8-18(26)22(28)23(21)30-20-9-7-17(29)16-19(20)27/h7-10,16,30-31H,6,11-15H2,1-5H3. The molecule has 0 fully saturated rings. The van der Waals surface area contributed by atoms with Crippen LogP contribution in [0.2, 0.25) is 0 Å². The molecule has 0 aliphatic carbocycles. The van der Waals surface area contributed by atoms with Gasteiger partial charge < -0.3 is 19.7 Å². The van der Waals surface area contributed by atoms with E-state index in [9.17, 15) is 26.4 Å². The number of nitrogens with zero attached hydrogens (tertiary/aromatic N) is 2. The van der Waals surface area contributed by atoms with E-state index in [0.29, 0.717) is 16.5 Å². The van der Waals surface area contributed by atoms with Gasteiger partial charge in [-0.25, -0.2) is 18.0 Å². The van der Waals surface area contributed by atoms with E-state index in [1.54, 1.807) is 26.8 Å². The zero-order valence-corrected chi connectivity index (χ0v) is 25.5. The smallest absolute Gasteiger partial charge is 0.410 e. The largest absolute Gasteiger partial charge is 0.444 e. The highest BCUT2D eigenvalue weighted by molar-refractivity contribution is 14.1. The van der Waals surface area contributed by atoms with Crippen molar-refractivity contribution in [3.05, 3.63) is 51.4 Å². The van der Waals surface area contributed by atoms with Crippen LogP contribution in [0, 0.1) is 21.0 Å². The first-order chi connectivity index (χ1) is 18.2. The van der Waals surface area contributed by atoms with Crippen molar-refractivity contribution >= 4 is 56.0 Å². The van der Waals surface area contributed by atoms with Gasteiger partial charge in [0.25, 0.3) is 0 Å². The Morgan fingerprint density at radius 1 is 1.00 bits per heavy atom. The van der Waals surface area contributed by atoms with Gasteiger partial charge in [0.1, 0.15) is 17.1 Å². The molecule has 9 nitrogen and oxygen atoms in total. The van der Waals surface area contributed by atoms with Gasteiger partial charge in [-0.05, 0) is 80.1 Å². The Balaban J connectivity index is 2.34. The van der Waals surface area contributed by atoms with Crippen molar-refractivity contribution in [2.75, 3.05) is 49.9 Å². The monoisotopic (exact) mass is 686 g/mol. The summed E-state index contributed by atoms with van der Waals surface area (Å²) in [5, 5.41) is 2.45. The Bertz CT molecular complexity index is 1240. The summed E-state index contributed by atoms with van der Waals surface area (Å²) in [6.45, 7) is 7.17. The van der Waals surface area contributed by atoms with E-state index in [0.717, 1.165) is 16.4 Å². The van der Waals surface area contributed by atoms with E-state index in [1.807, 2.05) is 29.5 Å². The van der Waals surface area contributed by atoms with Crippen molar-refractivity contribution in [2.45, 2.75) is 39.7 Å². The predicted molar refractivity (Wildman–Crippen MR) is 153 cm³/mol. The van der Waals surface area contributed by atoms with Gasteiger partial charge in [-0.15, -0.1) is 0 Å². The lowest BCUT2D eigenvalue weighted by molar-refractivity contribution is 0.0241. The molecule has 218 valence electrons. The summed E-state index contributed by atoms with van der Waals surface area (Å²) in [4.78, 5) is 14.0. The Hall–Kier alpha value is -2.30. The van der Waals surface area contributed by atoms with Crippen LogP contribution in [0.4, 0.5) is 35.0 Å². The van der Waals surface area contributed by atoms with Gasteiger partial charge in [-0.2, -0.15) is 12.7 Å². The van der Waals surface area contributed by atoms with Crippen LogP contribution in [0.15, 0.2) is 30.3 Å². The Kier molecular flexibility index (Phi) is 12.1. The average Bonchev–Trinajstić information content (AvgIpc) is 2.82. The van der Waals surface area contributed by atoms with E-state index < -0.39 is 45.0 Å². The summed E-state index contributed by atoms with van der Waals surface area (Å²) >= 11 is 1.89. The highest BCUT2D eigenvalue weighted by atomic mass is 127. The second-order valence-electron chi connectivity index (χ2n) is 9.50. The second-order valence-corrected chi connectivity index (χ2v) is 12.4. The van der Waals surface area contributed by atoms with E-state index in [1.165, 1.54) is 24.1 Å². The van der Waals surface area contributed by atoms with Crippen LogP contribution in [-0.2, 0) is 19.7 Å². The first-order valence-electron chi connectivity index (χ1n) is 12.1. The van der Waals surface area contributed by atoms with Crippen LogP contribution in [0.1, 0.15) is 34.1 Å². The van der Waals surface area contributed by atoms with E-state index >= 15 is 0 Å². The van der Waals surface area contributed by atoms with Crippen molar-refractivity contribution in [1.29, 1.82) is 0 Å². The molecule has 0 aliphatic heterocycles. The van der Waals surface area contributed by atoms with Crippen molar-refractivity contribution in [2.24, 2.45) is 0 Å². The minimum atomic E-state index is -4.38. The molecule has 2 aromatic rings. The molecular formula is C25H34F3IN4O5S. The number of rotatable bonds is 13. The molecule has 0 spiro atoms. The Morgan fingerprint density at radius 3 is 2.26 bits per heavy atom. The maximum absolute atomic E-state index is 14.8. The van der Waals surface area contributed by atoms with E-state index in [4.69, 9.17) is 9.47 Å². The number of benzene rings is 2. The van der Waals surface area contributed by atoms with Crippen molar-refractivity contribution < 1.29 is 35.9 Å². The first kappa shape index (κ1) is 32.9. The summed E-state index contributed by atoms with van der Waals surface area (Å²) in [7, 11) is -2.98. The predicted octanol–water partition coefficient (Wildman–Crippen LogP) is 5.70. The summed E-state index contributed by atoms with van der Waals surface area (Å²) in [5.41, 5.74) is -1.85. The zero-order valence-electron chi connectivity index (χ0n) is 22.5. The van der Waals surface area contributed by atoms with Crippen LogP contribution in [0.3, 0.4) is 0 Å². The van der Waals surface area contributed by atoms with Crippen LogP contribution in [0.5, 0.6) is 0 Å². The number of carbonyl (C=O) groups is 1. The first-order valence-corrected chi connectivity index (χ1v) is 14.6. The van der Waals surface area contributed by atoms with Gasteiger partial charge in [0.05, 0.1) is 18.0 Å². The Labute approximate surface area is 241 Å². The number of nitrogens with one attached hydrogen (secondary N) is 2. The number of methoxy groups -OCH3 is 1. The molecule has 0 aliphatic rings. The zero-order chi connectivity index (χ0) is 29.4. The van der Waals surface area contributed by atoms with Crippen molar-refractivity contribution in [3.63, 3.8) is 0 Å². The van der Waals surface area contributed by atoms with E-state index in [2.05, 4.69) is 10.0 Å². The molecular weight excluding hydrogens is 652 g/mol. The van der Waals surface area contributed by atoms with Crippen molar-refractivity contribution in [1.82, 2.24) is 9.21 Å². The van der Waals surface area contributed by atoms with Crippen LogP contribution in [-0.4, -0.2) is 69.2 Å². The molecule has 0 saturated carbocycles. The van der Waals surface area contributed by atoms with Gasteiger partial charge in [0.2, 0.25) is 0 Å². The second kappa shape index (κ2) is 14.4. The number of hydrogen-bond donors (Lipinski definition) is 2. The molecule has 0 bridgehead atoms. The fourth-order valence-corrected chi connectivity index (χ4v) is 5.02. The average molecular weight is 687 g/mol. The molecule has 1 amide bonds. The van der Waals surface area contributed by atoms with Gasteiger partial charge >= 0.3 is 16.3 Å². The van der Waals surface area contributed by atoms with E-state index in [-0.39, 0.29) is 37.6 Å². The lowest BCUT2D eigenvalue weighted by Gasteiger charge is -2.29. The normalized spacial score (nSPS) is 11.9. The lowest BCUT2D eigenvalue weighted by Crippen LogP contribution is -2.45. The van der Waals surface area contributed by atoms with Crippen LogP contribution in [0.25, 0.3) is 0 Å². The number of amides is 1. The fraction of sp³-hybridized carbons (Fsp3) is 0.480. The molecule has 39 heavy (non-hydrogen) atoms. The summed E-state index contributed by atoms with van der Waals surface area (Å²) in [6, 6.07) is 5.84. The fourth-order valence-electron chi connectivity index (χ4n) is 3.36. The summed E-state index contributed by atoms with van der Waals surface area (Å²) < 4.78 is 84.4. The van der Waals surface area contributed by atoms with Gasteiger partial charge in [-0.1, -0.05) is 6.92 Å². The van der Waals surface area contributed by atoms with Gasteiger partial charge in [0.15, 0.2) is 11.6 Å². The molecule has 2 N–H and O–H groups in total. The lowest BCUT2D eigenvalue weighted by atomic mass is 10.2. The number of carbonyl (C=O) groups excluding carboxylic acids is 1. The third kappa shape index (κ3) is 9.99. The number of hydrogen-bond acceptors (Lipinski definition) is 6. The molecule has 0 aromatic heterocycles. The quantitative estimate of drug-likeness (QED) is 0.262. The third-order valence-corrected chi connectivity index (χ3v) is 7.37. The van der Waals surface area contributed by atoms with Gasteiger partial charge in [-0.3, -0.25) is 4.72 Å². The van der Waals surface area contributed by atoms with Crippen molar-refractivity contribution in [3.8, 4) is 0 Å². The maximum atomic E-state index is 14.8. The molecule has 0 unspecified atom stereocenters. The molecule has 0 radical (unpaired) electrons. The van der Waals surface area contributed by atoms with Gasteiger partial charge in [0, 0.05) is 36.9 Å². The highest BCUT2D eigenvalue weighted by Crippen LogP contribution is 2.32.